The summed E-state index contributed by atoms with van der Waals surface area (Å²) in [4.78, 5) is 15.5. The second-order valence-corrected chi connectivity index (χ2v) is 6.56. The summed E-state index contributed by atoms with van der Waals surface area (Å²) >= 11 is 0. The molecule has 0 amide bonds. The van der Waals surface area contributed by atoms with Crippen molar-refractivity contribution in [3.05, 3.63) is 66.4 Å². The van der Waals surface area contributed by atoms with Crippen LogP contribution in [0.3, 0.4) is 0 Å². The van der Waals surface area contributed by atoms with E-state index in [1.165, 1.54) is 10.9 Å². The Hall–Kier alpha value is -2.37. The summed E-state index contributed by atoms with van der Waals surface area (Å²) in [6, 6.07) is 10.5. The van der Waals surface area contributed by atoms with E-state index in [-0.39, 0.29) is 0 Å². The van der Waals surface area contributed by atoms with E-state index in [0.29, 0.717) is 5.92 Å². The van der Waals surface area contributed by atoms with Gasteiger partial charge >= 0.3 is 0 Å². The molecule has 0 bridgehead atoms. The Kier molecular flexibility index (Phi) is 4.95. The monoisotopic (exact) mass is 334 g/mol. The number of hydrogen-bond donors (Lipinski definition) is 0. The number of pyridine rings is 1. The van der Waals surface area contributed by atoms with Crippen molar-refractivity contribution < 1.29 is 4.74 Å². The Bertz CT molecular complexity index is 819. The van der Waals surface area contributed by atoms with Crippen molar-refractivity contribution in [2.45, 2.75) is 13.0 Å². The summed E-state index contributed by atoms with van der Waals surface area (Å²) in [6.07, 6.45) is 8.14. The van der Waals surface area contributed by atoms with Crippen LogP contribution in [0.1, 0.15) is 11.3 Å². The molecule has 1 aromatic carbocycles. The normalized spacial score (nSPS) is 19.0. The molecule has 1 unspecified atom stereocenters. The lowest BCUT2D eigenvalue weighted by molar-refractivity contribution is 0.121. The first-order valence-electron chi connectivity index (χ1n) is 8.76. The maximum Gasteiger partial charge on any atom is 0.0705 e. The second-order valence-electron chi connectivity index (χ2n) is 6.56. The highest BCUT2D eigenvalue weighted by atomic mass is 16.5. The van der Waals surface area contributed by atoms with Gasteiger partial charge in [-0.3, -0.25) is 19.9 Å². The first-order chi connectivity index (χ1) is 12.4. The Morgan fingerprint density at radius 2 is 2.04 bits per heavy atom. The van der Waals surface area contributed by atoms with Gasteiger partial charge in [0.25, 0.3) is 0 Å². The second kappa shape index (κ2) is 7.68. The minimum atomic E-state index is 0.437. The van der Waals surface area contributed by atoms with Crippen LogP contribution in [-0.4, -0.2) is 46.2 Å². The standard InChI is InChI=1S/C20H22N4O/c1-2-4-20-19(3-1)17(5-6-23-20)14-24-9-10-25-15-16(13-24)11-18-12-21-7-8-22-18/h1-8,12,16H,9-11,13-15H2. The number of rotatable bonds is 4. The van der Waals surface area contributed by atoms with Gasteiger partial charge in [0.2, 0.25) is 0 Å². The van der Waals surface area contributed by atoms with Gasteiger partial charge in [-0.25, -0.2) is 0 Å². The molecule has 0 radical (unpaired) electrons. The van der Waals surface area contributed by atoms with Crippen LogP contribution in [0.4, 0.5) is 0 Å². The van der Waals surface area contributed by atoms with E-state index in [1.54, 1.807) is 12.4 Å². The number of ether oxygens (including phenoxy) is 1. The molecule has 5 heteroatoms. The number of nitrogens with zero attached hydrogens (tertiary/aromatic N) is 4. The minimum Gasteiger partial charge on any atom is -0.380 e. The molecule has 1 saturated heterocycles. The quantitative estimate of drug-likeness (QED) is 0.734. The predicted molar refractivity (Wildman–Crippen MR) is 97.1 cm³/mol. The lowest BCUT2D eigenvalue weighted by Crippen LogP contribution is -2.30. The molecular weight excluding hydrogens is 312 g/mol. The average Bonchev–Trinajstić information content (AvgIpc) is 2.88. The zero-order valence-corrected chi connectivity index (χ0v) is 14.2. The first-order valence-corrected chi connectivity index (χ1v) is 8.76. The molecule has 2 aromatic heterocycles. The molecule has 0 saturated carbocycles. The molecule has 3 aromatic rings. The summed E-state index contributed by atoms with van der Waals surface area (Å²) < 4.78 is 5.83. The maximum atomic E-state index is 5.83. The highest BCUT2D eigenvalue weighted by Crippen LogP contribution is 2.20. The van der Waals surface area contributed by atoms with Gasteiger partial charge in [0.1, 0.15) is 0 Å². The summed E-state index contributed by atoms with van der Waals surface area (Å²) in [5, 5.41) is 1.24. The van der Waals surface area contributed by atoms with Crippen LogP contribution < -0.4 is 0 Å². The van der Waals surface area contributed by atoms with Gasteiger partial charge in [0.15, 0.2) is 0 Å². The third-order valence-electron chi connectivity index (χ3n) is 4.67. The van der Waals surface area contributed by atoms with Gasteiger partial charge in [0, 0.05) is 55.7 Å². The van der Waals surface area contributed by atoms with Crippen molar-refractivity contribution in [2.75, 3.05) is 26.3 Å². The van der Waals surface area contributed by atoms with E-state index in [0.717, 1.165) is 50.5 Å². The molecule has 128 valence electrons. The first kappa shape index (κ1) is 16.1. The zero-order valence-electron chi connectivity index (χ0n) is 14.2. The molecule has 1 aliphatic heterocycles. The smallest absolute Gasteiger partial charge is 0.0705 e. The number of para-hydroxylation sites is 1. The van der Waals surface area contributed by atoms with E-state index in [1.807, 2.05) is 18.5 Å². The average molecular weight is 334 g/mol. The van der Waals surface area contributed by atoms with E-state index < -0.39 is 0 Å². The largest absolute Gasteiger partial charge is 0.380 e. The van der Waals surface area contributed by atoms with Crippen molar-refractivity contribution in [2.24, 2.45) is 5.92 Å². The predicted octanol–water partition coefficient (Wildman–Crippen LogP) is 2.72. The topological polar surface area (TPSA) is 51.1 Å². The molecule has 0 spiro atoms. The Balaban J connectivity index is 1.49. The number of benzene rings is 1. The van der Waals surface area contributed by atoms with E-state index in [2.05, 4.69) is 44.1 Å². The highest BCUT2D eigenvalue weighted by molar-refractivity contribution is 5.81. The summed E-state index contributed by atoms with van der Waals surface area (Å²) in [5.41, 5.74) is 3.42. The Labute approximate surface area is 147 Å². The van der Waals surface area contributed by atoms with Gasteiger partial charge in [-0.05, 0) is 24.1 Å². The molecule has 25 heavy (non-hydrogen) atoms. The minimum absolute atomic E-state index is 0.437. The third-order valence-corrected chi connectivity index (χ3v) is 4.67. The molecule has 0 aliphatic carbocycles. The third kappa shape index (κ3) is 4.00. The fourth-order valence-corrected chi connectivity index (χ4v) is 3.48. The van der Waals surface area contributed by atoms with Gasteiger partial charge < -0.3 is 4.74 Å². The molecule has 1 atom stereocenters. The van der Waals surface area contributed by atoms with Crippen molar-refractivity contribution in [1.82, 2.24) is 19.9 Å². The molecule has 0 N–H and O–H groups in total. The van der Waals surface area contributed by atoms with Gasteiger partial charge in [0.05, 0.1) is 24.4 Å². The van der Waals surface area contributed by atoms with Crippen LogP contribution >= 0.6 is 0 Å². The number of aromatic nitrogens is 3. The van der Waals surface area contributed by atoms with E-state index in [9.17, 15) is 0 Å². The lowest BCUT2D eigenvalue weighted by Gasteiger charge is -2.23. The maximum absolute atomic E-state index is 5.83. The number of fused-ring (bicyclic) bond motifs is 1. The van der Waals surface area contributed by atoms with Crippen molar-refractivity contribution in [3.8, 4) is 0 Å². The van der Waals surface area contributed by atoms with Crippen LogP contribution in [0.2, 0.25) is 0 Å². The van der Waals surface area contributed by atoms with E-state index in [4.69, 9.17) is 4.74 Å². The van der Waals surface area contributed by atoms with Crippen LogP contribution in [0.25, 0.3) is 10.9 Å². The van der Waals surface area contributed by atoms with Crippen LogP contribution in [0, 0.1) is 5.92 Å². The van der Waals surface area contributed by atoms with E-state index >= 15 is 0 Å². The van der Waals surface area contributed by atoms with Gasteiger partial charge in [-0.15, -0.1) is 0 Å². The van der Waals surface area contributed by atoms with Crippen molar-refractivity contribution >= 4 is 10.9 Å². The van der Waals surface area contributed by atoms with Crippen LogP contribution in [-0.2, 0) is 17.7 Å². The summed E-state index contributed by atoms with van der Waals surface area (Å²) in [5.74, 6) is 0.437. The molecule has 1 fully saturated rings. The highest BCUT2D eigenvalue weighted by Gasteiger charge is 2.20. The fraction of sp³-hybridized carbons (Fsp3) is 0.350. The molecule has 5 nitrogen and oxygen atoms in total. The molecule has 4 rings (SSSR count). The van der Waals surface area contributed by atoms with Crippen molar-refractivity contribution in [3.63, 3.8) is 0 Å². The van der Waals surface area contributed by atoms with Gasteiger partial charge in [-0.1, -0.05) is 18.2 Å². The SMILES string of the molecule is c1ccc2c(CN3CCOCC(Cc4cnccn4)C3)ccnc2c1. The van der Waals surface area contributed by atoms with Gasteiger partial charge in [-0.2, -0.15) is 0 Å². The molecule has 3 heterocycles. The summed E-state index contributed by atoms with van der Waals surface area (Å²) in [6.45, 7) is 4.44. The fourth-order valence-electron chi connectivity index (χ4n) is 3.48. The zero-order chi connectivity index (χ0) is 16.9. The van der Waals surface area contributed by atoms with Crippen molar-refractivity contribution in [1.29, 1.82) is 0 Å². The van der Waals surface area contributed by atoms with Crippen LogP contribution in [0.15, 0.2) is 55.1 Å². The molecular formula is C20H22N4O. The lowest BCUT2D eigenvalue weighted by atomic mass is 10.0. The van der Waals surface area contributed by atoms with Crippen LogP contribution in [0.5, 0.6) is 0 Å². The Morgan fingerprint density at radius 3 is 2.96 bits per heavy atom. The summed E-state index contributed by atoms with van der Waals surface area (Å²) in [7, 11) is 0. The number of hydrogen-bond acceptors (Lipinski definition) is 5. The Morgan fingerprint density at radius 1 is 1.08 bits per heavy atom. The molecule has 1 aliphatic rings.